The topological polar surface area (TPSA) is 43.3 Å². The summed E-state index contributed by atoms with van der Waals surface area (Å²) >= 11 is 0. The average molecular weight is 386 g/mol. The monoisotopic (exact) mass is 386 g/mol. The van der Waals surface area contributed by atoms with Crippen molar-refractivity contribution in [2.45, 2.75) is 18.7 Å². The van der Waals surface area contributed by atoms with Gasteiger partial charge in [-0.3, -0.25) is 0 Å². The first kappa shape index (κ1) is 17.6. The normalized spacial score (nSPS) is 19.7. The van der Waals surface area contributed by atoms with Gasteiger partial charge in [0.1, 0.15) is 5.75 Å². The van der Waals surface area contributed by atoms with E-state index in [4.69, 9.17) is 19.3 Å². The summed E-state index contributed by atoms with van der Waals surface area (Å²) in [6, 6.07) is 24.5. The number of fused-ring (bicyclic) bond motifs is 3. The average Bonchev–Trinajstić information content (AvgIpc) is 3.24. The molecule has 5 nitrogen and oxygen atoms in total. The van der Waals surface area contributed by atoms with Crippen molar-refractivity contribution in [1.29, 1.82) is 0 Å². The Morgan fingerprint density at radius 3 is 2.45 bits per heavy atom. The van der Waals surface area contributed by atoms with Crippen LogP contribution in [0.2, 0.25) is 0 Å². The fraction of sp³-hybridized carbons (Fsp3) is 0.208. The Bertz CT molecular complexity index is 1060. The van der Waals surface area contributed by atoms with E-state index in [9.17, 15) is 0 Å². The van der Waals surface area contributed by atoms with Gasteiger partial charge in [-0.25, -0.2) is 5.01 Å². The van der Waals surface area contributed by atoms with Gasteiger partial charge in [0.05, 0.1) is 26.0 Å². The first-order valence-electron chi connectivity index (χ1n) is 9.67. The van der Waals surface area contributed by atoms with E-state index in [0.717, 1.165) is 29.0 Å². The molecule has 3 aromatic rings. The molecule has 0 bridgehead atoms. The van der Waals surface area contributed by atoms with Crippen LogP contribution >= 0.6 is 0 Å². The Kier molecular flexibility index (Phi) is 4.35. The summed E-state index contributed by atoms with van der Waals surface area (Å²) in [5.41, 5.74) is 4.29. The number of ether oxygens (including phenoxy) is 3. The highest BCUT2D eigenvalue weighted by Gasteiger charge is 2.40. The molecule has 2 aliphatic heterocycles. The third-order valence-electron chi connectivity index (χ3n) is 5.50. The highest BCUT2D eigenvalue weighted by atomic mass is 16.5. The molecule has 5 rings (SSSR count). The molecule has 5 heteroatoms. The van der Waals surface area contributed by atoms with E-state index in [1.165, 1.54) is 5.56 Å². The first-order chi connectivity index (χ1) is 14.3. The first-order valence-corrected chi connectivity index (χ1v) is 9.67. The highest BCUT2D eigenvalue weighted by molar-refractivity contribution is 6.02. The summed E-state index contributed by atoms with van der Waals surface area (Å²) in [6.45, 7) is 0. The van der Waals surface area contributed by atoms with Gasteiger partial charge >= 0.3 is 0 Å². The van der Waals surface area contributed by atoms with Gasteiger partial charge < -0.3 is 14.2 Å². The molecule has 0 N–H and O–H groups in total. The number of hydrogen-bond acceptors (Lipinski definition) is 5. The second-order valence-corrected chi connectivity index (χ2v) is 7.14. The minimum absolute atomic E-state index is 0.133. The molecule has 146 valence electrons. The molecule has 0 unspecified atom stereocenters. The number of rotatable bonds is 4. The SMILES string of the molecule is COc1ccc(C2=NN3[C@@H](c4ccccc4)Oc4ccccc4[C@@H]3C2)cc1OC. The molecule has 0 fully saturated rings. The Balaban J connectivity index is 1.57. The van der Waals surface area contributed by atoms with Crippen molar-refractivity contribution in [3.05, 3.63) is 89.5 Å². The second-order valence-electron chi connectivity index (χ2n) is 7.14. The maximum absolute atomic E-state index is 6.37. The minimum Gasteiger partial charge on any atom is -0.493 e. The van der Waals surface area contributed by atoms with Crippen molar-refractivity contribution in [3.63, 3.8) is 0 Å². The van der Waals surface area contributed by atoms with Gasteiger partial charge in [-0.05, 0) is 24.3 Å². The lowest BCUT2D eigenvalue weighted by Gasteiger charge is -2.38. The number of hydrazone groups is 1. The summed E-state index contributed by atoms with van der Waals surface area (Å²) in [5, 5.41) is 7.08. The van der Waals surface area contributed by atoms with Crippen LogP contribution in [0.15, 0.2) is 77.9 Å². The van der Waals surface area contributed by atoms with Crippen LogP contribution in [0, 0.1) is 0 Å². The molecule has 0 saturated heterocycles. The van der Waals surface area contributed by atoms with Crippen LogP contribution in [0.5, 0.6) is 17.2 Å². The third kappa shape index (κ3) is 2.99. The van der Waals surface area contributed by atoms with E-state index < -0.39 is 0 Å². The van der Waals surface area contributed by atoms with Gasteiger partial charge in [0, 0.05) is 23.1 Å². The van der Waals surface area contributed by atoms with E-state index >= 15 is 0 Å². The third-order valence-corrected chi connectivity index (χ3v) is 5.50. The molecule has 2 heterocycles. The molecule has 0 amide bonds. The van der Waals surface area contributed by atoms with Gasteiger partial charge in [-0.2, -0.15) is 5.10 Å². The fourth-order valence-corrected chi connectivity index (χ4v) is 4.06. The van der Waals surface area contributed by atoms with Crippen molar-refractivity contribution >= 4 is 5.71 Å². The summed E-state index contributed by atoms with van der Waals surface area (Å²) < 4.78 is 17.2. The van der Waals surface area contributed by atoms with Crippen LogP contribution in [0.3, 0.4) is 0 Å². The van der Waals surface area contributed by atoms with Gasteiger partial charge in [-0.1, -0.05) is 48.5 Å². The predicted octanol–water partition coefficient (Wildman–Crippen LogP) is 4.95. The largest absolute Gasteiger partial charge is 0.493 e. The Hall–Kier alpha value is -3.47. The van der Waals surface area contributed by atoms with Crippen LogP contribution in [-0.2, 0) is 0 Å². The van der Waals surface area contributed by atoms with E-state index in [2.05, 4.69) is 29.3 Å². The zero-order valence-corrected chi connectivity index (χ0v) is 16.4. The van der Waals surface area contributed by atoms with Gasteiger partial charge in [0.15, 0.2) is 11.5 Å². The van der Waals surface area contributed by atoms with Gasteiger partial charge in [-0.15, -0.1) is 0 Å². The molecule has 0 saturated carbocycles. The van der Waals surface area contributed by atoms with Crippen LogP contribution in [0.4, 0.5) is 0 Å². The number of nitrogens with zero attached hydrogens (tertiary/aromatic N) is 2. The van der Waals surface area contributed by atoms with Crippen LogP contribution in [0.1, 0.15) is 35.4 Å². The van der Waals surface area contributed by atoms with Crippen molar-refractivity contribution in [3.8, 4) is 17.2 Å². The lowest BCUT2D eigenvalue weighted by Crippen LogP contribution is -2.33. The predicted molar refractivity (Wildman–Crippen MR) is 112 cm³/mol. The Morgan fingerprint density at radius 2 is 1.66 bits per heavy atom. The van der Waals surface area contributed by atoms with E-state index in [-0.39, 0.29) is 12.3 Å². The van der Waals surface area contributed by atoms with Gasteiger partial charge in [0.25, 0.3) is 0 Å². The smallest absolute Gasteiger partial charge is 0.213 e. The maximum Gasteiger partial charge on any atom is 0.213 e. The minimum atomic E-state index is -0.256. The summed E-state index contributed by atoms with van der Waals surface area (Å²) in [7, 11) is 3.29. The van der Waals surface area contributed by atoms with Crippen molar-refractivity contribution in [2.75, 3.05) is 14.2 Å². The van der Waals surface area contributed by atoms with Gasteiger partial charge in [0.2, 0.25) is 6.23 Å². The molecule has 0 radical (unpaired) electrons. The molecule has 0 spiro atoms. The quantitative estimate of drug-likeness (QED) is 0.637. The number of methoxy groups -OCH3 is 2. The van der Waals surface area contributed by atoms with E-state index in [1.54, 1.807) is 14.2 Å². The van der Waals surface area contributed by atoms with Crippen molar-refractivity contribution < 1.29 is 14.2 Å². The fourth-order valence-electron chi connectivity index (χ4n) is 4.06. The van der Waals surface area contributed by atoms with Crippen LogP contribution in [-0.4, -0.2) is 24.9 Å². The molecule has 0 aromatic heterocycles. The zero-order valence-electron chi connectivity index (χ0n) is 16.4. The summed E-state index contributed by atoms with van der Waals surface area (Å²) in [6.07, 6.45) is 0.549. The number of para-hydroxylation sites is 1. The molecular formula is C24H22N2O3. The zero-order chi connectivity index (χ0) is 19.8. The standard InChI is InChI=1S/C24H22N2O3/c1-27-22-13-12-17(14-23(22)28-2)19-15-20-18-10-6-7-11-21(18)29-24(26(20)25-19)16-8-4-3-5-9-16/h3-14,20,24H,15H2,1-2H3/t20-,24+/m0/s1. The molecule has 2 atom stereocenters. The lowest BCUT2D eigenvalue weighted by atomic mass is 9.96. The molecular weight excluding hydrogens is 364 g/mol. The van der Waals surface area contributed by atoms with Crippen LogP contribution < -0.4 is 14.2 Å². The second kappa shape index (κ2) is 7.17. The summed E-state index contributed by atoms with van der Waals surface area (Å²) in [5.74, 6) is 2.34. The van der Waals surface area contributed by atoms with Crippen molar-refractivity contribution in [2.24, 2.45) is 5.10 Å². The lowest BCUT2D eigenvalue weighted by molar-refractivity contribution is -0.0190. The maximum atomic E-state index is 6.37. The summed E-state index contributed by atoms with van der Waals surface area (Å²) in [4.78, 5) is 0. The highest BCUT2D eigenvalue weighted by Crippen LogP contribution is 2.47. The Labute approximate surface area is 170 Å². The van der Waals surface area contributed by atoms with Crippen LogP contribution in [0.25, 0.3) is 0 Å². The number of hydrogen-bond donors (Lipinski definition) is 0. The Morgan fingerprint density at radius 1 is 0.897 bits per heavy atom. The number of benzene rings is 3. The van der Waals surface area contributed by atoms with E-state index in [1.807, 2.05) is 48.5 Å². The molecule has 0 aliphatic carbocycles. The van der Waals surface area contributed by atoms with Crippen molar-refractivity contribution in [1.82, 2.24) is 5.01 Å². The van der Waals surface area contributed by atoms with E-state index in [0.29, 0.717) is 11.5 Å². The molecule has 3 aromatic carbocycles. The molecule has 29 heavy (non-hydrogen) atoms. The molecule has 2 aliphatic rings.